The molecule has 1 aliphatic rings. The molecule has 3 aromatic rings. The van der Waals surface area contributed by atoms with Crippen LogP contribution in [-0.4, -0.2) is 71.5 Å². The average molecular weight is 736 g/mol. The average Bonchev–Trinajstić information content (AvgIpc) is 2.97. The van der Waals surface area contributed by atoms with E-state index in [-0.39, 0.29) is 82.8 Å². The highest BCUT2D eigenvalue weighted by molar-refractivity contribution is 6.40. The van der Waals surface area contributed by atoms with Gasteiger partial charge in [0, 0.05) is 43.3 Å². The number of carbonyl (C=O) groups excluding carboxylic acids is 2. The number of anilines is 1. The summed E-state index contributed by atoms with van der Waals surface area (Å²) in [7, 11) is 0. The first-order valence-electron chi connectivity index (χ1n) is 15.3. The van der Waals surface area contributed by atoms with Gasteiger partial charge < -0.3 is 15.3 Å². The number of hydrogen-bond donors (Lipinski definition) is 2. The van der Waals surface area contributed by atoms with Crippen molar-refractivity contribution in [1.29, 1.82) is 0 Å². The lowest BCUT2D eigenvalue weighted by Crippen LogP contribution is -2.53. The number of halogens is 6. The Morgan fingerprint density at radius 2 is 1.40 bits per heavy atom. The molecule has 260 valence electrons. The van der Waals surface area contributed by atoms with Crippen LogP contribution >= 0.6 is 48.0 Å². The summed E-state index contributed by atoms with van der Waals surface area (Å²) in [5.41, 5.74) is 2.75. The second-order valence-electron chi connectivity index (χ2n) is 11.8. The monoisotopic (exact) mass is 733 g/mol. The molecular formula is C35H45Cl4F2N3O3. The number of Topliss-reactive ketones (excluding diaryl/α,β-unsaturated/α-hetero) is 1. The highest BCUT2D eigenvalue weighted by Crippen LogP contribution is 2.33. The van der Waals surface area contributed by atoms with Crippen LogP contribution in [0, 0.1) is 11.6 Å². The topological polar surface area (TPSA) is 72.9 Å². The van der Waals surface area contributed by atoms with Gasteiger partial charge in [0.25, 0.3) is 0 Å². The first kappa shape index (κ1) is 42.7. The number of rotatable bonds is 11. The van der Waals surface area contributed by atoms with E-state index in [0.717, 1.165) is 56.6 Å². The summed E-state index contributed by atoms with van der Waals surface area (Å²) < 4.78 is 27.0. The van der Waals surface area contributed by atoms with Gasteiger partial charge in [-0.25, -0.2) is 8.78 Å². The maximum Gasteiger partial charge on any atom is 0.238 e. The fourth-order valence-corrected chi connectivity index (χ4v) is 5.95. The standard InChI is InChI=1S/C32H35Cl2F2N3O2.C3H8O.2ClH/c1-21-19-38(15-16-39(21)20-31(41)37-32-29(33)17-25(22(2)40)18-30(32)34)14-4-3-5-28(23-6-10-26(35)11-7-23)24-8-12-27(36)13-9-24;1-3(2)4;;/h6-13,17-18,21,28H,3-5,14-16,19-20H2,1-2H3,(H,37,41);3-4H,1-2H3;2*1H. The zero-order valence-electron chi connectivity index (χ0n) is 27.1. The van der Waals surface area contributed by atoms with Crippen LogP contribution in [0.25, 0.3) is 0 Å². The van der Waals surface area contributed by atoms with Crippen molar-refractivity contribution in [2.24, 2.45) is 0 Å². The molecule has 1 amide bonds. The molecule has 1 fully saturated rings. The molecule has 0 radical (unpaired) electrons. The maximum atomic E-state index is 13.5. The molecule has 0 saturated carbocycles. The van der Waals surface area contributed by atoms with Crippen molar-refractivity contribution in [3.05, 3.63) is 99.0 Å². The Balaban J connectivity index is 0.00000174. The highest BCUT2D eigenvalue weighted by Gasteiger charge is 2.26. The smallest absolute Gasteiger partial charge is 0.238 e. The van der Waals surface area contributed by atoms with Crippen molar-refractivity contribution in [2.45, 2.75) is 65.0 Å². The van der Waals surface area contributed by atoms with Gasteiger partial charge in [0.2, 0.25) is 5.91 Å². The summed E-state index contributed by atoms with van der Waals surface area (Å²) in [5, 5.41) is 11.3. The largest absolute Gasteiger partial charge is 0.394 e. The molecule has 1 saturated heterocycles. The second kappa shape index (κ2) is 20.9. The fraction of sp³-hybridized carbons (Fsp3) is 0.429. The van der Waals surface area contributed by atoms with Gasteiger partial charge in [0.05, 0.1) is 22.3 Å². The molecule has 1 heterocycles. The van der Waals surface area contributed by atoms with E-state index in [9.17, 15) is 18.4 Å². The molecule has 2 N–H and O–H groups in total. The Hall–Kier alpha value is -2.30. The molecule has 6 nitrogen and oxygen atoms in total. The first-order valence-corrected chi connectivity index (χ1v) is 16.0. The van der Waals surface area contributed by atoms with Crippen molar-refractivity contribution in [2.75, 3.05) is 38.0 Å². The number of amides is 1. The van der Waals surface area contributed by atoms with E-state index in [1.54, 1.807) is 13.8 Å². The summed E-state index contributed by atoms with van der Waals surface area (Å²) in [6, 6.07) is 16.3. The normalized spacial score (nSPS) is 14.9. The zero-order chi connectivity index (χ0) is 33.1. The number of unbranched alkanes of at least 4 members (excludes halogenated alkanes) is 1. The predicted octanol–water partition coefficient (Wildman–Crippen LogP) is 8.65. The predicted molar refractivity (Wildman–Crippen MR) is 193 cm³/mol. The van der Waals surface area contributed by atoms with Crippen molar-refractivity contribution >= 4 is 65.4 Å². The number of aliphatic hydroxyl groups is 1. The minimum absolute atomic E-state index is 0. The molecule has 0 aliphatic carbocycles. The molecule has 1 aliphatic heterocycles. The number of benzene rings is 3. The van der Waals surface area contributed by atoms with E-state index in [1.807, 2.05) is 24.3 Å². The Bertz CT molecular complexity index is 1340. The third-order valence-corrected chi connectivity index (χ3v) is 8.27. The molecule has 0 aromatic heterocycles. The molecule has 1 atom stereocenters. The van der Waals surface area contributed by atoms with Crippen LogP contribution in [0.1, 0.15) is 74.4 Å². The van der Waals surface area contributed by atoms with Crippen LogP contribution in [0.2, 0.25) is 10.0 Å². The quantitative estimate of drug-likeness (QED) is 0.153. The number of ketones is 1. The molecule has 0 bridgehead atoms. The third-order valence-electron chi connectivity index (χ3n) is 7.67. The fourth-order valence-electron chi connectivity index (χ4n) is 5.37. The molecule has 1 unspecified atom stereocenters. The minimum Gasteiger partial charge on any atom is -0.394 e. The number of nitrogens with one attached hydrogen (secondary N) is 1. The van der Waals surface area contributed by atoms with Gasteiger partial charge in [-0.3, -0.25) is 14.5 Å². The van der Waals surface area contributed by atoms with Gasteiger partial charge in [0.1, 0.15) is 11.6 Å². The Morgan fingerprint density at radius 1 is 0.915 bits per heavy atom. The number of nitrogens with zero attached hydrogens (tertiary/aromatic N) is 2. The van der Waals surface area contributed by atoms with Gasteiger partial charge in [-0.05, 0) is 94.6 Å². The molecular weight excluding hydrogens is 690 g/mol. The van der Waals surface area contributed by atoms with Crippen molar-refractivity contribution in [3.63, 3.8) is 0 Å². The summed E-state index contributed by atoms with van der Waals surface area (Å²) in [6.07, 6.45) is 2.69. The Morgan fingerprint density at radius 3 is 1.85 bits per heavy atom. The van der Waals surface area contributed by atoms with E-state index < -0.39 is 0 Å². The molecule has 4 rings (SSSR count). The lowest BCUT2D eigenvalue weighted by Gasteiger charge is -2.39. The zero-order valence-corrected chi connectivity index (χ0v) is 30.3. The van der Waals surface area contributed by atoms with Crippen molar-refractivity contribution in [1.82, 2.24) is 9.80 Å². The van der Waals surface area contributed by atoms with E-state index >= 15 is 0 Å². The SMILES string of the molecule is CC(=O)c1cc(Cl)c(NC(=O)CN2CCN(CCCCC(c3ccc(F)cc3)c3ccc(F)cc3)CC2C)c(Cl)c1.CC(C)O.Cl.Cl. The highest BCUT2D eigenvalue weighted by atomic mass is 35.5. The number of piperazine rings is 1. The van der Waals surface area contributed by atoms with Gasteiger partial charge in [-0.1, -0.05) is 53.9 Å². The molecule has 12 heteroatoms. The second-order valence-corrected chi connectivity index (χ2v) is 12.6. The lowest BCUT2D eigenvalue weighted by atomic mass is 9.87. The van der Waals surface area contributed by atoms with E-state index in [4.69, 9.17) is 28.3 Å². The Kier molecular flexibility index (Phi) is 19.0. The van der Waals surface area contributed by atoms with Crippen LogP contribution < -0.4 is 5.32 Å². The van der Waals surface area contributed by atoms with Crippen LogP contribution in [0.4, 0.5) is 14.5 Å². The van der Waals surface area contributed by atoms with Crippen molar-refractivity contribution < 1.29 is 23.5 Å². The summed E-state index contributed by atoms with van der Waals surface area (Å²) in [5.74, 6) is -0.830. The van der Waals surface area contributed by atoms with E-state index in [0.29, 0.717) is 11.3 Å². The van der Waals surface area contributed by atoms with Gasteiger partial charge in [-0.2, -0.15) is 0 Å². The van der Waals surface area contributed by atoms with Crippen LogP contribution in [0.15, 0.2) is 60.7 Å². The van der Waals surface area contributed by atoms with Crippen LogP contribution in [0.5, 0.6) is 0 Å². The van der Waals surface area contributed by atoms with Gasteiger partial charge in [-0.15, -0.1) is 24.8 Å². The molecule has 47 heavy (non-hydrogen) atoms. The minimum atomic E-state index is -0.270. The van der Waals surface area contributed by atoms with Gasteiger partial charge in [0.15, 0.2) is 5.78 Å². The summed E-state index contributed by atoms with van der Waals surface area (Å²) in [4.78, 5) is 29.0. The lowest BCUT2D eigenvalue weighted by molar-refractivity contribution is -0.118. The van der Waals surface area contributed by atoms with Crippen LogP contribution in [0.3, 0.4) is 0 Å². The number of carbonyl (C=O) groups is 2. The maximum absolute atomic E-state index is 13.5. The van der Waals surface area contributed by atoms with Gasteiger partial charge >= 0.3 is 0 Å². The number of aliphatic hydroxyl groups excluding tert-OH is 1. The number of hydrogen-bond acceptors (Lipinski definition) is 5. The van der Waals surface area contributed by atoms with Crippen molar-refractivity contribution in [3.8, 4) is 0 Å². The molecule has 3 aromatic carbocycles. The summed E-state index contributed by atoms with van der Waals surface area (Å²) in [6.45, 7) is 10.6. The molecule has 0 spiro atoms. The van der Waals surface area contributed by atoms with Crippen LogP contribution in [-0.2, 0) is 4.79 Å². The van der Waals surface area contributed by atoms with E-state index in [1.165, 1.54) is 43.3 Å². The Labute approximate surface area is 299 Å². The first-order chi connectivity index (χ1) is 21.3. The van der Waals surface area contributed by atoms with E-state index in [2.05, 4.69) is 22.0 Å². The summed E-state index contributed by atoms with van der Waals surface area (Å²) >= 11 is 12.5. The third kappa shape index (κ3) is 14.0.